The van der Waals surface area contributed by atoms with Crippen LogP contribution in [0.15, 0.2) is 6.07 Å². The molecular weight excluding hydrogens is 607 g/mol. The van der Waals surface area contributed by atoms with Crippen molar-refractivity contribution in [2.45, 2.75) is 33.1 Å². The largest absolute Gasteiger partial charge is 0.359 e. The Balaban J connectivity index is 3.23. The van der Waals surface area contributed by atoms with E-state index in [0.717, 1.165) is 22.7 Å². The molecule has 21 heavy (non-hydrogen) atoms. The Kier molecular flexibility index (Phi) is 8.39. The smallest absolute Gasteiger partial charge is 0.223 e. The summed E-state index contributed by atoms with van der Waals surface area (Å²) >= 11 is 6.92. The maximum absolute atomic E-state index is 11.9. The molecule has 1 aromatic carbocycles. The monoisotopic (exact) mass is 625 g/mol. The van der Waals surface area contributed by atoms with E-state index < -0.39 is 0 Å². The number of amides is 1. The lowest BCUT2D eigenvalue weighted by atomic mass is 9.94. The highest BCUT2D eigenvalue weighted by molar-refractivity contribution is 14.1. The van der Waals surface area contributed by atoms with Crippen LogP contribution in [0.5, 0.6) is 0 Å². The lowest BCUT2D eigenvalue weighted by molar-refractivity contribution is -0.124. The Bertz CT molecular complexity index is 558. The number of halogens is 3. The van der Waals surface area contributed by atoms with Crippen LogP contribution in [0.4, 0.5) is 0 Å². The Morgan fingerprint density at radius 2 is 1.76 bits per heavy atom. The first-order chi connectivity index (χ1) is 9.81. The lowest BCUT2D eigenvalue weighted by Crippen LogP contribution is -2.29. The predicted molar refractivity (Wildman–Crippen MR) is 111 cm³/mol. The van der Waals surface area contributed by atoms with Gasteiger partial charge in [-0.2, -0.15) is 0 Å². The first-order valence-electron chi connectivity index (χ1n) is 6.68. The molecule has 0 saturated heterocycles. The molecule has 1 N–H and O–H groups in total. The van der Waals surface area contributed by atoms with Gasteiger partial charge in [0.1, 0.15) is 5.78 Å². The van der Waals surface area contributed by atoms with Crippen LogP contribution in [0.1, 0.15) is 31.4 Å². The molecule has 3 nitrogen and oxygen atoms in total. The van der Waals surface area contributed by atoms with Crippen molar-refractivity contribution in [1.29, 1.82) is 0 Å². The van der Waals surface area contributed by atoms with Gasteiger partial charge in [-0.25, -0.2) is 0 Å². The van der Waals surface area contributed by atoms with E-state index in [1.54, 1.807) is 14.0 Å². The second-order valence-corrected chi connectivity index (χ2v) is 8.32. The van der Waals surface area contributed by atoms with Crippen LogP contribution in [-0.4, -0.2) is 18.7 Å². The molecule has 0 saturated carbocycles. The molecule has 1 rings (SSSR count). The average Bonchev–Trinajstić information content (AvgIpc) is 2.42. The molecule has 0 aliphatic carbocycles. The molecule has 0 aromatic heterocycles. The molecular formula is C15H18I3NO2. The van der Waals surface area contributed by atoms with E-state index in [1.807, 2.05) is 6.92 Å². The van der Waals surface area contributed by atoms with E-state index in [0.29, 0.717) is 12.8 Å². The minimum atomic E-state index is -0.0257. The van der Waals surface area contributed by atoms with Crippen LogP contribution in [0.25, 0.3) is 0 Å². The molecule has 6 heteroatoms. The number of hydrogen-bond donors (Lipinski definition) is 1. The van der Waals surface area contributed by atoms with Crippen molar-refractivity contribution in [2.75, 3.05) is 7.05 Å². The van der Waals surface area contributed by atoms with Crippen LogP contribution in [0.3, 0.4) is 0 Å². The third-order valence-electron chi connectivity index (χ3n) is 3.35. The van der Waals surface area contributed by atoms with Gasteiger partial charge in [-0.05, 0) is 105 Å². The van der Waals surface area contributed by atoms with E-state index >= 15 is 0 Å². The zero-order valence-corrected chi connectivity index (χ0v) is 18.7. The van der Waals surface area contributed by atoms with Gasteiger partial charge in [0.2, 0.25) is 5.91 Å². The van der Waals surface area contributed by atoms with E-state index in [9.17, 15) is 9.59 Å². The van der Waals surface area contributed by atoms with Gasteiger partial charge in [0, 0.05) is 30.1 Å². The van der Waals surface area contributed by atoms with Gasteiger partial charge in [0.05, 0.1) is 0 Å². The molecule has 1 unspecified atom stereocenters. The van der Waals surface area contributed by atoms with Gasteiger partial charge in [-0.15, -0.1) is 0 Å². The lowest BCUT2D eigenvalue weighted by Gasteiger charge is -2.18. The van der Waals surface area contributed by atoms with Crippen LogP contribution < -0.4 is 5.32 Å². The van der Waals surface area contributed by atoms with Gasteiger partial charge in [-0.1, -0.05) is 6.92 Å². The maximum atomic E-state index is 11.9. The van der Waals surface area contributed by atoms with Gasteiger partial charge in [0.15, 0.2) is 0 Å². The van der Waals surface area contributed by atoms with Gasteiger partial charge >= 0.3 is 0 Å². The fraction of sp³-hybridized carbons (Fsp3) is 0.467. The zero-order chi connectivity index (χ0) is 16.2. The number of ketones is 1. The van der Waals surface area contributed by atoms with Crippen LogP contribution >= 0.6 is 67.8 Å². The summed E-state index contributed by atoms with van der Waals surface area (Å²) in [5.41, 5.74) is 2.27. The number of hydrogen-bond acceptors (Lipinski definition) is 2. The van der Waals surface area contributed by atoms with Crippen LogP contribution in [-0.2, 0) is 22.4 Å². The minimum absolute atomic E-state index is 0.0257. The second kappa shape index (κ2) is 8.99. The molecule has 1 amide bonds. The van der Waals surface area contributed by atoms with Gasteiger partial charge in [0.25, 0.3) is 0 Å². The molecule has 0 radical (unpaired) electrons. The average molecular weight is 625 g/mol. The first-order valence-corrected chi connectivity index (χ1v) is 9.91. The summed E-state index contributed by atoms with van der Waals surface area (Å²) in [5, 5.41) is 2.73. The van der Waals surface area contributed by atoms with Crippen LogP contribution in [0, 0.1) is 16.6 Å². The highest BCUT2D eigenvalue weighted by atomic mass is 127. The van der Waals surface area contributed by atoms with Crippen molar-refractivity contribution in [3.05, 3.63) is 27.9 Å². The minimum Gasteiger partial charge on any atom is -0.359 e. The summed E-state index contributed by atoms with van der Waals surface area (Å²) in [5.74, 6) is 0.217. The summed E-state index contributed by atoms with van der Waals surface area (Å²) in [4.78, 5) is 23.4. The molecule has 1 atom stereocenters. The third kappa shape index (κ3) is 5.29. The quantitative estimate of drug-likeness (QED) is 0.488. The number of nitrogens with one attached hydrogen (secondary N) is 1. The molecule has 0 bridgehead atoms. The molecule has 0 aliphatic rings. The van der Waals surface area contributed by atoms with E-state index in [4.69, 9.17) is 0 Å². The summed E-state index contributed by atoms with van der Waals surface area (Å²) in [6.45, 7) is 3.64. The van der Waals surface area contributed by atoms with Crippen molar-refractivity contribution in [2.24, 2.45) is 5.92 Å². The number of benzene rings is 1. The number of carbonyl (C=O) groups is 2. The first kappa shape index (κ1) is 19.6. The summed E-state index contributed by atoms with van der Waals surface area (Å²) in [6, 6.07) is 2.10. The van der Waals surface area contributed by atoms with E-state index in [-0.39, 0.29) is 17.6 Å². The Morgan fingerprint density at radius 3 is 2.24 bits per heavy atom. The molecule has 0 fully saturated rings. The topological polar surface area (TPSA) is 46.2 Å². The normalized spacial score (nSPS) is 12.1. The SMILES string of the molecule is CCC(Cc1c(I)cc(I)c(CC(C)=O)c1I)C(=O)NC. The Labute approximate surface area is 166 Å². The molecule has 0 aliphatic heterocycles. The Hall–Kier alpha value is 0.550. The van der Waals surface area contributed by atoms with Gasteiger partial charge < -0.3 is 5.32 Å². The molecule has 116 valence electrons. The summed E-state index contributed by atoms with van der Waals surface area (Å²) in [6.07, 6.45) is 1.98. The highest BCUT2D eigenvalue weighted by Gasteiger charge is 2.21. The standard InChI is InChI=1S/C15H18I3NO2/c1-4-9(15(21)19-3)6-11-13(17)7-12(16)10(14(11)18)5-8(2)20/h7,9H,4-6H2,1-3H3,(H,19,21). The zero-order valence-electron chi connectivity index (χ0n) is 12.2. The molecule has 0 heterocycles. The van der Waals surface area contributed by atoms with E-state index in [1.165, 1.54) is 5.56 Å². The summed E-state index contributed by atoms with van der Waals surface area (Å²) in [7, 11) is 1.68. The van der Waals surface area contributed by atoms with Crippen molar-refractivity contribution in [1.82, 2.24) is 5.32 Å². The number of rotatable bonds is 6. The van der Waals surface area contributed by atoms with Crippen molar-refractivity contribution in [3.8, 4) is 0 Å². The van der Waals surface area contributed by atoms with Gasteiger partial charge in [-0.3, -0.25) is 9.59 Å². The fourth-order valence-corrected chi connectivity index (χ4v) is 6.34. The predicted octanol–water partition coefficient (Wildman–Crippen LogP) is 3.95. The van der Waals surface area contributed by atoms with E-state index in [2.05, 4.69) is 79.2 Å². The number of carbonyl (C=O) groups excluding carboxylic acids is 2. The maximum Gasteiger partial charge on any atom is 0.223 e. The summed E-state index contributed by atoms with van der Waals surface area (Å²) < 4.78 is 3.41. The Morgan fingerprint density at radius 1 is 1.19 bits per heavy atom. The van der Waals surface area contributed by atoms with Crippen molar-refractivity contribution >= 4 is 79.5 Å². The fourth-order valence-electron chi connectivity index (χ4n) is 2.15. The van der Waals surface area contributed by atoms with Crippen LogP contribution in [0.2, 0.25) is 0 Å². The number of Topliss-reactive ketones (excluding diaryl/α,β-unsaturated/α-hetero) is 1. The second-order valence-electron chi connectivity index (χ2n) is 4.91. The van der Waals surface area contributed by atoms with Crippen molar-refractivity contribution in [3.63, 3.8) is 0 Å². The highest BCUT2D eigenvalue weighted by Crippen LogP contribution is 2.30. The molecule has 0 spiro atoms. The molecule has 1 aromatic rings. The third-order valence-corrected chi connectivity index (χ3v) is 6.57. The van der Waals surface area contributed by atoms with Crippen molar-refractivity contribution < 1.29 is 9.59 Å².